The summed E-state index contributed by atoms with van der Waals surface area (Å²) in [6.07, 6.45) is 1.68. The van der Waals surface area contributed by atoms with Crippen molar-refractivity contribution in [2.24, 2.45) is 5.73 Å². The SMILES string of the molecule is COC1(C)CN(C(=O)C2(N)CC2)C1. The Balaban J connectivity index is 1.90. The molecular formula is C9H16N2O2. The van der Waals surface area contributed by atoms with Gasteiger partial charge in [0.2, 0.25) is 5.91 Å². The number of carbonyl (C=O) groups is 1. The van der Waals surface area contributed by atoms with Crippen LogP contribution in [0.3, 0.4) is 0 Å². The number of nitrogens with zero attached hydrogens (tertiary/aromatic N) is 1. The zero-order chi connectivity index (χ0) is 9.69. The molecule has 2 fully saturated rings. The molecule has 1 aliphatic heterocycles. The van der Waals surface area contributed by atoms with Crippen LogP contribution in [0.4, 0.5) is 0 Å². The third kappa shape index (κ3) is 1.34. The van der Waals surface area contributed by atoms with Crippen LogP contribution in [-0.2, 0) is 9.53 Å². The first-order valence-corrected chi connectivity index (χ1v) is 4.63. The molecule has 2 N–H and O–H groups in total. The number of carbonyl (C=O) groups excluding carboxylic acids is 1. The van der Waals surface area contributed by atoms with E-state index in [1.165, 1.54) is 0 Å². The summed E-state index contributed by atoms with van der Waals surface area (Å²) in [7, 11) is 1.68. The van der Waals surface area contributed by atoms with Gasteiger partial charge in [-0.15, -0.1) is 0 Å². The minimum Gasteiger partial charge on any atom is -0.375 e. The minimum absolute atomic E-state index is 0.0991. The molecule has 0 unspecified atom stereocenters. The molecule has 0 aromatic rings. The maximum Gasteiger partial charge on any atom is 0.242 e. The molecule has 13 heavy (non-hydrogen) atoms. The maximum atomic E-state index is 11.7. The van der Waals surface area contributed by atoms with Crippen molar-refractivity contribution >= 4 is 5.91 Å². The highest BCUT2D eigenvalue weighted by Crippen LogP contribution is 2.37. The summed E-state index contributed by atoms with van der Waals surface area (Å²) in [6, 6.07) is 0. The van der Waals surface area contributed by atoms with E-state index >= 15 is 0 Å². The molecule has 0 aromatic carbocycles. The van der Waals surface area contributed by atoms with Crippen LogP contribution in [0.15, 0.2) is 0 Å². The monoisotopic (exact) mass is 184 g/mol. The van der Waals surface area contributed by atoms with Crippen molar-refractivity contribution in [1.29, 1.82) is 0 Å². The summed E-state index contributed by atoms with van der Waals surface area (Å²) in [6.45, 7) is 3.37. The van der Waals surface area contributed by atoms with Gasteiger partial charge in [-0.25, -0.2) is 0 Å². The highest BCUT2D eigenvalue weighted by atomic mass is 16.5. The van der Waals surface area contributed by atoms with Gasteiger partial charge in [-0.2, -0.15) is 0 Å². The van der Waals surface area contributed by atoms with E-state index in [0.717, 1.165) is 12.8 Å². The standard InChI is InChI=1S/C9H16N2O2/c1-8(13-2)5-11(6-8)7(12)9(10)3-4-9/h3-6,10H2,1-2H3. The van der Waals surface area contributed by atoms with Gasteiger partial charge in [0.05, 0.1) is 24.2 Å². The number of hydrogen-bond acceptors (Lipinski definition) is 3. The zero-order valence-corrected chi connectivity index (χ0v) is 8.17. The highest BCUT2D eigenvalue weighted by molar-refractivity contribution is 5.89. The Hall–Kier alpha value is -0.610. The third-order valence-corrected chi connectivity index (χ3v) is 3.05. The fourth-order valence-corrected chi connectivity index (χ4v) is 1.70. The number of amides is 1. The predicted molar refractivity (Wildman–Crippen MR) is 48.1 cm³/mol. The van der Waals surface area contributed by atoms with Crippen molar-refractivity contribution in [3.63, 3.8) is 0 Å². The molecule has 4 nitrogen and oxygen atoms in total. The first-order valence-electron chi connectivity index (χ1n) is 4.63. The van der Waals surface area contributed by atoms with Gasteiger partial charge in [0.25, 0.3) is 0 Å². The molecular weight excluding hydrogens is 168 g/mol. The van der Waals surface area contributed by atoms with Gasteiger partial charge < -0.3 is 15.4 Å². The van der Waals surface area contributed by atoms with Crippen LogP contribution in [0.25, 0.3) is 0 Å². The Bertz CT molecular complexity index is 242. The zero-order valence-electron chi connectivity index (χ0n) is 8.17. The molecule has 1 saturated carbocycles. The number of ether oxygens (including phenoxy) is 1. The number of rotatable bonds is 2. The second-order valence-corrected chi connectivity index (χ2v) is 4.47. The molecule has 0 bridgehead atoms. The molecule has 1 aliphatic carbocycles. The topological polar surface area (TPSA) is 55.6 Å². The highest BCUT2D eigenvalue weighted by Gasteiger charge is 2.53. The average Bonchev–Trinajstić information content (AvgIpc) is 2.78. The third-order valence-electron chi connectivity index (χ3n) is 3.05. The van der Waals surface area contributed by atoms with E-state index in [4.69, 9.17) is 10.5 Å². The van der Waals surface area contributed by atoms with Crippen LogP contribution in [0, 0.1) is 0 Å². The van der Waals surface area contributed by atoms with Gasteiger partial charge in [-0.1, -0.05) is 0 Å². The normalized spacial score (nSPS) is 28.1. The van der Waals surface area contributed by atoms with Crippen molar-refractivity contribution in [2.45, 2.75) is 30.9 Å². The summed E-state index contributed by atoms with van der Waals surface area (Å²) in [5.41, 5.74) is 5.14. The Morgan fingerprint density at radius 2 is 2.00 bits per heavy atom. The molecule has 0 aromatic heterocycles. The van der Waals surface area contributed by atoms with Crippen molar-refractivity contribution in [2.75, 3.05) is 20.2 Å². The lowest BCUT2D eigenvalue weighted by Crippen LogP contribution is -2.65. The van der Waals surface area contributed by atoms with E-state index in [2.05, 4.69) is 0 Å². The van der Waals surface area contributed by atoms with Crippen LogP contribution in [-0.4, -0.2) is 42.1 Å². The Kier molecular flexibility index (Phi) is 1.69. The van der Waals surface area contributed by atoms with E-state index in [-0.39, 0.29) is 11.5 Å². The van der Waals surface area contributed by atoms with Gasteiger partial charge in [0, 0.05) is 7.11 Å². The summed E-state index contributed by atoms with van der Waals surface area (Å²) in [5.74, 6) is 0.0991. The number of methoxy groups -OCH3 is 1. The summed E-state index contributed by atoms with van der Waals surface area (Å²) in [4.78, 5) is 13.4. The van der Waals surface area contributed by atoms with Crippen LogP contribution in [0.2, 0.25) is 0 Å². The second-order valence-electron chi connectivity index (χ2n) is 4.47. The Morgan fingerprint density at radius 3 is 2.38 bits per heavy atom. The second kappa shape index (κ2) is 2.45. The lowest BCUT2D eigenvalue weighted by molar-refractivity contribution is -0.160. The maximum absolute atomic E-state index is 11.7. The van der Waals surface area contributed by atoms with Gasteiger partial charge >= 0.3 is 0 Å². The first kappa shape index (κ1) is 8.97. The largest absolute Gasteiger partial charge is 0.375 e. The van der Waals surface area contributed by atoms with Crippen molar-refractivity contribution < 1.29 is 9.53 Å². The molecule has 4 heteroatoms. The van der Waals surface area contributed by atoms with Crippen LogP contribution < -0.4 is 5.73 Å². The van der Waals surface area contributed by atoms with E-state index < -0.39 is 5.54 Å². The van der Waals surface area contributed by atoms with E-state index in [0.29, 0.717) is 13.1 Å². The summed E-state index contributed by atoms with van der Waals surface area (Å²) >= 11 is 0. The van der Waals surface area contributed by atoms with E-state index in [9.17, 15) is 4.79 Å². The molecule has 1 amide bonds. The van der Waals surface area contributed by atoms with Crippen molar-refractivity contribution in [1.82, 2.24) is 4.90 Å². The fourth-order valence-electron chi connectivity index (χ4n) is 1.70. The quantitative estimate of drug-likeness (QED) is 0.642. The van der Waals surface area contributed by atoms with Crippen LogP contribution in [0.5, 0.6) is 0 Å². The summed E-state index contributed by atoms with van der Waals surface area (Å²) in [5, 5.41) is 0. The lowest BCUT2D eigenvalue weighted by atomic mass is 9.95. The van der Waals surface area contributed by atoms with Gasteiger partial charge in [-0.3, -0.25) is 4.79 Å². The molecule has 1 heterocycles. The van der Waals surface area contributed by atoms with Crippen molar-refractivity contribution in [3.8, 4) is 0 Å². The molecule has 1 saturated heterocycles. The summed E-state index contributed by atoms with van der Waals surface area (Å²) < 4.78 is 5.25. The average molecular weight is 184 g/mol. The fraction of sp³-hybridized carbons (Fsp3) is 0.889. The van der Waals surface area contributed by atoms with E-state index in [1.54, 1.807) is 12.0 Å². The first-order chi connectivity index (χ1) is 5.99. The Morgan fingerprint density at radius 1 is 1.46 bits per heavy atom. The molecule has 74 valence electrons. The predicted octanol–water partition coefficient (Wildman–Crippen LogP) is -0.275. The van der Waals surface area contributed by atoms with E-state index in [1.807, 2.05) is 6.92 Å². The number of likely N-dealkylation sites (tertiary alicyclic amines) is 1. The number of hydrogen-bond donors (Lipinski definition) is 1. The Labute approximate surface area is 78.0 Å². The van der Waals surface area contributed by atoms with Crippen LogP contribution >= 0.6 is 0 Å². The lowest BCUT2D eigenvalue weighted by Gasteiger charge is -2.47. The molecule has 2 aliphatic rings. The van der Waals surface area contributed by atoms with Gasteiger partial charge in [-0.05, 0) is 19.8 Å². The van der Waals surface area contributed by atoms with Crippen molar-refractivity contribution in [3.05, 3.63) is 0 Å². The van der Waals surface area contributed by atoms with Crippen LogP contribution in [0.1, 0.15) is 19.8 Å². The molecule has 0 radical (unpaired) electrons. The molecule has 2 rings (SSSR count). The van der Waals surface area contributed by atoms with Gasteiger partial charge in [0.15, 0.2) is 0 Å². The molecule has 0 spiro atoms. The van der Waals surface area contributed by atoms with Gasteiger partial charge in [0.1, 0.15) is 0 Å². The smallest absolute Gasteiger partial charge is 0.242 e. The number of nitrogens with two attached hydrogens (primary N) is 1. The minimum atomic E-state index is -0.519. The molecule has 0 atom stereocenters.